The van der Waals surface area contributed by atoms with Crippen molar-refractivity contribution in [1.29, 1.82) is 0 Å². The van der Waals surface area contributed by atoms with Crippen LogP contribution in [0.2, 0.25) is 5.02 Å². The Bertz CT molecular complexity index is 755. The quantitative estimate of drug-likeness (QED) is 0.796. The van der Waals surface area contributed by atoms with Crippen LogP contribution in [0.1, 0.15) is 49.5 Å². The maximum atomic E-state index is 12.4. The lowest BCUT2D eigenvalue weighted by Crippen LogP contribution is -2.64. The summed E-state index contributed by atoms with van der Waals surface area (Å²) in [6.07, 6.45) is 5.27. The molecule has 2 atom stereocenters. The first kappa shape index (κ1) is 19.6. The second-order valence-electron chi connectivity index (χ2n) is 8.52. The maximum Gasteiger partial charge on any atom is 0.270 e. The number of aliphatic hydroxyl groups is 1. The standard InChI is InChI=1S/C20H26ClN3O4/c1-19(27)12-20(6-8-24(9-7-20)18(26)13-2-3-13)28-11-16(19)23-17(25)15-5-4-14(21)10-22-15/h4-5,10,13,16,27H,2-3,6-9,11-12H2,1H3,(H,23,25)/t16-,19-/m0/s1. The Morgan fingerprint density at radius 1 is 1.32 bits per heavy atom. The molecule has 2 amide bonds. The van der Waals surface area contributed by atoms with Crippen LogP contribution in [0.4, 0.5) is 0 Å². The lowest BCUT2D eigenvalue weighted by atomic mass is 9.75. The summed E-state index contributed by atoms with van der Waals surface area (Å²) >= 11 is 5.81. The molecule has 1 aromatic heterocycles. The number of ether oxygens (including phenoxy) is 1. The molecule has 3 fully saturated rings. The number of nitrogens with one attached hydrogen (secondary N) is 1. The molecule has 0 aromatic carbocycles. The molecule has 1 spiro atoms. The number of pyridine rings is 1. The predicted molar refractivity (Wildman–Crippen MR) is 103 cm³/mol. The number of nitrogens with zero attached hydrogens (tertiary/aromatic N) is 2. The fourth-order valence-electron chi connectivity index (χ4n) is 4.25. The zero-order chi connectivity index (χ0) is 19.9. The third kappa shape index (κ3) is 4.02. The van der Waals surface area contributed by atoms with Gasteiger partial charge in [0, 0.05) is 31.6 Å². The molecule has 7 nitrogen and oxygen atoms in total. The van der Waals surface area contributed by atoms with Crippen molar-refractivity contribution >= 4 is 23.4 Å². The van der Waals surface area contributed by atoms with Gasteiger partial charge in [-0.15, -0.1) is 0 Å². The first-order valence-electron chi connectivity index (χ1n) is 9.86. The van der Waals surface area contributed by atoms with Gasteiger partial charge in [0.1, 0.15) is 5.69 Å². The Morgan fingerprint density at radius 2 is 2.04 bits per heavy atom. The van der Waals surface area contributed by atoms with Crippen LogP contribution >= 0.6 is 11.6 Å². The summed E-state index contributed by atoms with van der Waals surface area (Å²) in [7, 11) is 0. The van der Waals surface area contributed by atoms with Crippen molar-refractivity contribution in [2.75, 3.05) is 19.7 Å². The van der Waals surface area contributed by atoms with E-state index in [1.165, 1.54) is 6.20 Å². The van der Waals surface area contributed by atoms with Gasteiger partial charge in [0.05, 0.1) is 28.9 Å². The van der Waals surface area contributed by atoms with Crippen LogP contribution in [0, 0.1) is 5.92 Å². The van der Waals surface area contributed by atoms with Crippen molar-refractivity contribution in [1.82, 2.24) is 15.2 Å². The van der Waals surface area contributed by atoms with Crippen LogP contribution < -0.4 is 5.32 Å². The van der Waals surface area contributed by atoms with E-state index in [4.69, 9.17) is 16.3 Å². The van der Waals surface area contributed by atoms with Crippen LogP contribution in [0.25, 0.3) is 0 Å². The number of carbonyl (C=O) groups excluding carboxylic acids is 2. The number of carbonyl (C=O) groups is 2. The Hall–Kier alpha value is -1.70. The highest BCUT2D eigenvalue weighted by molar-refractivity contribution is 6.30. The molecule has 8 heteroatoms. The molecule has 1 aliphatic carbocycles. The van der Waals surface area contributed by atoms with E-state index in [2.05, 4.69) is 10.3 Å². The van der Waals surface area contributed by atoms with Gasteiger partial charge in [-0.25, -0.2) is 4.98 Å². The molecule has 28 heavy (non-hydrogen) atoms. The molecule has 2 N–H and O–H groups in total. The molecule has 0 radical (unpaired) electrons. The second kappa shape index (κ2) is 7.28. The van der Waals surface area contributed by atoms with E-state index >= 15 is 0 Å². The van der Waals surface area contributed by atoms with Gasteiger partial charge in [-0.2, -0.15) is 0 Å². The number of hydrogen-bond acceptors (Lipinski definition) is 5. The average Bonchev–Trinajstić information content (AvgIpc) is 3.49. The molecule has 1 saturated carbocycles. The zero-order valence-electron chi connectivity index (χ0n) is 16.0. The number of piperidine rings is 1. The van der Waals surface area contributed by atoms with Crippen molar-refractivity contribution in [3.63, 3.8) is 0 Å². The fourth-order valence-corrected chi connectivity index (χ4v) is 4.36. The third-order valence-corrected chi connectivity index (χ3v) is 6.39. The highest BCUT2D eigenvalue weighted by Crippen LogP contribution is 2.41. The highest BCUT2D eigenvalue weighted by Gasteiger charge is 2.50. The maximum absolute atomic E-state index is 12.4. The third-order valence-electron chi connectivity index (χ3n) is 6.17. The van der Waals surface area contributed by atoms with Crippen molar-refractivity contribution < 1.29 is 19.4 Å². The topological polar surface area (TPSA) is 91.8 Å². The van der Waals surface area contributed by atoms with E-state index in [0.29, 0.717) is 37.4 Å². The number of rotatable bonds is 3. The highest BCUT2D eigenvalue weighted by atomic mass is 35.5. The molecule has 2 aliphatic heterocycles. The lowest BCUT2D eigenvalue weighted by Gasteiger charge is -2.51. The average molecular weight is 408 g/mol. The Labute approximate surface area is 169 Å². The minimum Gasteiger partial charge on any atom is -0.388 e. The van der Waals surface area contributed by atoms with Crippen molar-refractivity contribution in [3.05, 3.63) is 29.0 Å². The number of halogens is 1. The number of amides is 2. The minimum absolute atomic E-state index is 0.225. The van der Waals surface area contributed by atoms with Crippen LogP contribution in [0.15, 0.2) is 18.3 Å². The smallest absolute Gasteiger partial charge is 0.270 e. The Balaban J connectivity index is 1.36. The van der Waals surface area contributed by atoms with E-state index in [-0.39, 0.29) is 30.0 Å². The lowest BCUT2D eigenvalue weighted by molar-refractivity contribution is -0.187. The van der Waals surface area contributed by atoms with Gasteiger partial charge in [0.25, 0.3) is 5.91 Å². The van der Waals surface area contributed by atoms with Crippen LogP contribution in [-0.2, 0) is 9.53 Å². The van der Waals surface area contributed by atoms with Crippen molar-refractivity contribution in [2.45, 2.75) is 56.3 Å². The SMILES string of the molecule is C[C@]1(O)CC2(CCN(C(=O)C3CC3)CC2)OC[C@@H]1NC(=O)c1ccc(Cl)cn1. The molecule has 0 unspecified atom stereocenters. The zero-order valence-corrected chi connectivity index (χ0v) is 16.7. The first-order chi connectivity index (χ1) is 13.3. The summed E-state index contributed by atoms with van der Waals surface area (Å²) in [5.41, 5.74) is -1.31. The molecular weight excluding hydrogens is 382 g/mol. The van der Waals surface area contributed by atoms with Crippen molar-refractivity contribution in [2.24, 2.45) is 5.92 Å². The molecular formula is C20H26ClN3O4. The van der Waals surface area contributed by atoms with Gasteiger partial charge in [-0.1, -0.05) is 11.6 Å². The minimum atomic E-state index is -1.11. The number of aromatic nitrogens is 1. The summed E-state index contributed by atoms with van der Waals surface area (Å²) in [6.45, 7) is 3.29. The first-order valence-corrected chi connectivity index (χ1v) is 10.2. The van der Waals surface area contributed by atoms with E-state index in [1.807, 2.05) is 4.90 Å². The second-order valence-corrected chi connectivity index (χ2v) is 8.95. The number of hydrogen-bond donors (Lipinski definition) is 2. The summed E-state index contributed by atoms with van der Waals surface area (Å²) in [5.74, 6) is 0.120. The Morgan fingerprint density at radius 3 is 2.61 bits per heavy atom. The van der Waals surface area contributed by atoms with Gasteiger partial charge >= 0.3 is 0 Å². The largest absolute Gasteiger partial charge is 0.388 e. The summed E-state index contributed by atoms with van der Waals surface area (Å²) in [6, 6.07) is 2.61. The summed E-state index contributed by atoms with van der Waals surface area (Å²) < 4.78 is 6.16. The van der Waals surface area contributed by atoms with Crippen LogP contribution in [0.3, 0.4) is 0 Å². The van der Waals surface area contributed by atoms with Crippen LogP contribution in [-0.4, -0.2) is 63.7 Å². The van der Waals surface area contributed by atoms with Gasteiger partial charge < -0.3 is 20.1 Å². The molecule has 2 saturated heterocycles. The molecule has 0 bridgehead atoms. The molecule has 152 valence electrons. The van der Waals surface area contributed by atoms with Gasteiger partial charge in [0.15, 0.2) is 0 Å². The molecule has 3 heterocycles. The van der Waals surface area contributed by atoms with E-state index in [0.717, 1.165) is 12.8 Å². The van der Waals surface area contributed by atoms with Crippen LogP contribution in [0.5, 0.6) is 0 Å². The van der Waals surface area contributed by atoms with Crippen molar-refractivity contribution in [3.8, 4) is 0 Å². The fraction of sp³-hybridized carbons (Fsp3) is 0.650. The molecule has 3 aliphatic rings. The van der Waals surface area contributed by atoms with Gasteiger partial charge in [-0.05, 0) is 44.7 Å². The molecule has 1 aromatic rings. The van der Waals surface area contributed by atoms with Gasteiger partial charge in [-0.3, -0.25) is 9.59 Å². The number of likely N-dealkylation sites (tertiary alicyclic amines) is 1. The molecule has 4 rings (SSSR count). The van der Waals surface area contributed by atoms with E-state index in [1.54, 1.807) is 19.1 Å². The van der Waals surface area contributed by atoms with E-state index < -0.39 is 17.2 Å². The van der Waals surface area contributed by atoms with Gasteiger partial charge in [0.2, 0.25) is 5.91 Å². The van der Waals surface area contributed by atoms with E-state index in [9.17, 15) is 14.7 Å². The monoisotopic (exact) mass is 407 g/mol. The summed E-state index contributed by atoms with van der Waals surface area (Å²) in [5, 5.41) is 14.3. The summed E-state index contributed by atoms with van der Waals surface area (Å²) in [4.78, 5) is 30.6. The predicted octanol–water partition coefficient (Wildman–Crippen LogP) is 1.78. The Kier molecular flexibility index (Phi) is 5.10. The normalized spacial score (nSPS) is 29.5.